The molecule has 0 spiro atoms. The molecule has 118 valence electrons. The first kappa shape index (κ1) is 17.0. The lowest BCUT2D eigenvalue weighted by Crippen LogP contribution is -2.40. The quantitative estimate of drug-likeness (QED) is 0.680. The molecule has 1 aromatic rings. The minimum absolute atomic E-state index is 0.0523. The molecule has 1 atom stereocenters. The predicted octanol–water partition coefficient (Wildman–Crippen LogP) is 1.69. The zero-order chi connectivity index (χ0) is 15.8. The van der Waals surface area contributed by atoms with Crippen molar-refractivity contribution in [3.05, 3.63) is 18.2 Å². The van der Waals surface area contributed by atoms with Crippen LogP contribution in [0.1, 0.15) is 32.5 Å². The second-order valence-corrected chi connectivity index (χ2v) is 5.67. The molecule has 0 fully saturated rings. The van der Waals surface area contributed by atoms with Crippen LogP contribution in [0.5, 0.6) is 0 Å². The van der Waals surface area contributed by atoms with E-state index in [-0.39, 0.29) is 18.4 Å². The predicted molar refractivity (Wildman–Crippen MR) is 78.7 cm³/mol. The summed E-state index contributed by atoms with van der Waals surface area (Å²) in [7, 11) is 1.67. The number of nitrogens with zero attached hydrogens (tertiary/aromatic N) is 2. The van der Waals surface area contributed by atoms with Crippen LogP contribution in [0.2, 0.25) is 0 Å². The Bertz CT molecular complexity index is 445. The van der Waals surface area contributed by atoms with Crippen LogP contribution in [-0.4, -0.2) is 45.6 Å². The summed E-state index contributed by atoms with van der Waals surface area (Å²) >= 11 is 0. The van der Waals surface area contributed by atoms with Crippen LogP contribution in [0.25, 0.3) is 0 Å². The largest absolute Gasteiger partial charge is 0.481 e. The molecule has 1 aromatic heterocycles. The Morgan fingerprint density at radius 1 is 1.48 bits per heavy atom. The number of H-pyrrole nitrogens is 1. The van der Waals surface area contributed by atoms with Crippen LogP contribution in [0.4, 0.5) is 4.79 Å². The van der Waals surface area contributed by atoms with Crippen molar-refractivity contribution in [1.82, 2.24) is 20.2 Å². The van der Waals surface area contributed by atoms with Gasteiger partial charge in [-0.05, 0) is 18.3 Å². The van der Waals surface area contributed by atoms with Crippen LogP contribution >= 0.6 is 0 Å². The minimum atomic E-state index is -0.834. The molecule has 0 saturated heterocycles. The van der Waals surface area contributed by atoms with Gasteiger partial charge in [0.15, 0.2) is 0 Å². The van der Waals surface area contributed by atoms with Gasteiger partial charge in [-0.3, -0.25) is 4.79 Å². The van der Waals surface area contributed by atoms with Crippen molar-refractivity contribution in [1.29, 1.82) is 0 Å². The second-order valence-electron chi connectivity index (χ2n) is 5.67. The fraction of sp³-hybridized carbons (Fsp3) is 0.643. The molecular formula is C14H24N4O3. The Morgan fingerprint density at radius 2 is 2.19 bits per heavy atom. The summed E-state index contributed by atoms with van der Waals surface area (Å²) in [6.45, 7) is 4.83. The number of carbonyl (C=O) groups is 2. The Kier molecular flexibility index (Phi) is 6.71. The molecule has 0 aromatic carbocycles. The molecule has 0 aliphatic heterocycles. The molecule has 0 unspecified atom stereocenters. The van der Waals surface area contributed by atoms with Crippen LogP contribution < -0.4 is 5.32 Å². The number of amides is 2. The van der Waals surface area contributed by atoms with E-state index in [2.05, 4.69) is 15.3 Å². The van der Waals surface area contributed by atoms with Crippen LogP contribution in [-0.2, 0) is 11.3 Å². The third-order valence-electron chi connectivity index (χ3n) is 3.10. The average molecular weight is 296 g/mol. The first-order chi connectivity index (χ1) is 9.88. The van der Waals surface area contributed by atoms with Gasteiger partial charge in [0.05, 0.1) is 6.54 Å². The molecule has 0 aliphatic carbocycles. The van der Waals surface area contributed by atoms with Crippen LogP contribution in [0.3, 0.4) is 0 Å². The van der Waals surface area contributed by atoms with Gasteiger partial charge >= 0.3 is 12.0 Å². The summed E-state index contributed by atoms with van der Waals surface area (Å²) in [6, 6.07) is -0.231. The molecule has 0 bridgehead atoms. The molecule has 1 rings (SSSR count). The standard InChI is InChI=1S/C14H24N4O3/c1-10(2)6-11(7-13(19)20)8-17-14(21)18(3)9-12-15-4-5-16-12/h4-5,10-11H,6-9H2,1-3H3,(H,15,16)(H,17,21)(H,19,20)/t11-/m0/s1. The number of rotatable bonds is 8. The van der Waals surface area contributed by atoms with Gasteiger partial charge in [-0.2, -0.15) is 0 Å². The fourth-order valence-corrected chi connectivity index (χ4v) is 2.20. The molecule has 0 radical (unpaired) electrons. The van der Waals surface area contributed by atoms with Crippen LogP contribution in [0, 0.1) is 11.8 Å². The smallest absolute Gasteiger partial charge is 0.317 e. The lowest BCUT2D eigenvalue weighted by atomic mass is 9.94. The Labute approximate surface area is 124 Å². The van der Waals surface area contributed by atoms with Crippen molar-refractivity contribution in [2.24, 2.45) is 11.8 Å². The van der Waals surface area contributed by atoms with Crippen molar-refractivity contribution in [3.63, 3.8) is 0 Å². The maximum atomic E-state index is 12.0. The number of carboxylic acids is 1. The van der Waals surface area contributed by atoms with E-state index < -0.39 is 5.97 Å². The van der Waals surface area contributed by atoms with Gasteiger partial charge in [0.25, 0.3) is 0 Å². The molecule has 0 aliphatic rings. The van der Waals surface area contributed by atoms with E-state index in [1.807, 2.05) is 13.8 Å². The highest BCUT2D eigenvalue weighted by Crippen LogP contribution is 2.14. The molecule has 21 heavy (non-hydrogen) atoms. The zero-order valence-electron chi connectivity index (χ0n) is 12.8. The SMILES string of the molecule is CC(C)C[C@H](CNC(=O)N(C)Cc1ncc[nH]1)CC(=O)O. The van der Waals surface area contributed by atoms with E-state index in [4.69, 9.17) is 5.11 Å². The van der Waals surface area contributed by atoms with Crippen molar-refractivity contribution in [3.8, 4) is 0 Å². The van der Waals surface area contributed by atoms with Crippen molar-refractivity contribution in [2.75, 3.05) is 13.6 Å². The van der Waals surface area contributed by atoms with Gasteiger partial charge < -0.3 is 20.3 Å². The summed E-state index contributed by atoms with van der Waals surface area (Å²) in [4.78, 5) is 31.3. The zero-order valence-corrected chi connectivity index (χ0v) is 12.8. The van der Waals surface area contributed by atoms with Gasteiger partial charge in [-0.1, -0.05) is 13.8 Å². The lowest BCUT2D eigenvalue weighted by Gasteiger charge is -2.21. The van der Waals surface area contributed by atoms with Gasteiger partial charge in [-0.15, -0.1) is 0 Å². The molecule has 7 heteroatoms. The fourth-order valence-electron chi connectivity index (χ4n) is 2.20. The van der Waals surface area contributed by atoms with Gasteiger partial charge in [0.2, 0.25) is 0 Å². The molecule has 0 saturated carbocycles. The Morgan fingerprint density at radius 3 is 2.71 bits per heavy atom. The molecule has 1 heterocycles. The van der Waals surface area contributed by atoms with E-state index in [1.165, 1.54) is 4.90 Å². The number of aromatic nitrogens is 2. The first-order valence-corrected chi connectivity index (χ1v) is 7.07. The highest BCUT2D eigenvalue weighted by atomic mass is 16.4. The maximum Gasteiger partial charge on any atom is 0.317 e. The Balaban J connectivity index is 2.42. The highest BCUT2D eigenvalue weighted by Gasteiger charge is 2.17. The van der Waals surface area contributed by atoms with E-state index >= 15 is 0 Å². The second kappa shape index (κ2) is 8.28. The van der Waals surface area contributed by atoms with E-state index in [9.17, 15) is 9.59 Å². The number of aliphatic carboxylic acids is 1. The summed E-state index contributed by atoms with van der Waals surface area (Å²) in [5, 5.41) is 11.7. The monoisotopic (exact) mass is 296 g/mol. The van der Waals surface area contributed by atoms with Gasteiger partial charge in [0.1, 0.15) is 5.82 Å². The number of carboxylic acid groups (broad SMARTS) is 1. The molecule has 7 nitrogen and oxygen atoms in total. The third-order valence-corrected chi connectivity index (χ3v) is 3.10. The summed E-state index contributed by atoms with van der Waals surface area (Å²) in [5.74, 6) is 0.214. The van der Waals surface area contributed by atoms with E-state index in [1.54, 1.807) is 19.4 Å². The normalized spacial score (nSPS) is 12.2. The summed E-state index contributed by atoms with van der Waals surface area (Å²) < 4.78 is 0. The van der Waals surface area contributed by atoms with E-state index in [0.717, 1.165) is 6.42 Å². The minimum Gasteiger partial charge on any atom is -0.481 e. The van der Waals surface area contributed by atoms with Crippen molar-refractivity contribution in [2.45, 2.75) is 33.2 Å². The number of aromatic amines is 1. The average Bonchev–Trinajstić information content (AvgIpc) is 2.86. The molecule has 3 N–H and O–H groups in total. The molecular weight excluding hydrogens is 272 g/mol. The van der Waals surface area contributed by atoms with Crippen molar-refractivity contribution < 1.29 is 14.7 Å². The number of carbonyl (C=O) groups excluding carboxylic acids is 1. The number of imidazole rings is 1. The van der Waals surface area contributed by atoms with Gasteiger partial charge in [0, 0.05) is 32.4 Å². The first-order valence-electron chi connectivity index (χ1n) is 7.07. The van der Waals surface area contributed by atoms with Crippen molar-refractivity contribution >= 4 is 12.0 Å². The third kappa shape index (κ3) is 6.78. The number of nitrogens with one attached hydrogen (secondary N) is 2. The number of hydrogen-bond acceptors (Lipinski definition) is 3. The summed E-state index contributed by atoms with van der Waals surface area (Å²) in [6.07, 6.45) is 4.17. The van der Waals surface area contributed by atoms with E-state index in [0.29, 0.717) is 24.8 Å². The van der Waals surface area contributed by atoms with Gasteiger partial charge in [-0.25, -0.2) is 9.78 Å². The summed E-state index contributed by atoms with van der Waals surface area (Å²) in [5.41, 5.74) is 0. The maximum absolute atomic E-state index is 12.0. The highest BCUT2D eigenvalue weighted by molar-refractivity contribution is 5.74. The number of urea groups is 1. The molecule has 2 amide bonds. The topological polar surface area (TPSA) is 98.3 Å². The number of hydrogen-bond donors (Lipinski definition) is 3. The lowest BCUT2D eigenvalue weighted by molar-refractivity contribution is -0.138. The van der Waals surface area contributed by atoms with Crippen LogP contribution in [0.15, 0.2) is 12.4 Å². The Hall–Kier alpha value is -2.05.